The van der Waals surface area contributed by atoms with Gasteiger partial charge in [-0.1, -0.05) is 0 Å². The average molecular weight is 332 g/mol. The van der Waals surface area contributed by atoms with Crippen LogP contribution < -0.4 is 14.8 Å². The summed E-state index contributed by atoms with van der Waals surface area (Å²) >= 11 is 1.55. The molecule has 0 saturated carbocycles. The number of carbonyl (C=O) groups excluding carboxylic acids is 1. The zero-order valence-corrected chi connectivity index (χ0v) is 14.3. The highest BCUT2D eigenvalue weighted by Crippen LogP contribution is 2.32. The molecule has 0 spiro atoms. The molecule has 1 aromatic heterocycles. The van der Waals surface area contributed by atoms with E-state index in [4.69, 9.17) is 9.47 Å². The fraction of sp³-hybridized carbons (Fsp3) is 0.353. The van der Waals surface area contributed by atoms with Gasteiger partial charge in [-0.2, -0.15) is 11.3 Å². The van der Waals surface area contributed by atoms with Crippen LogP contribution in [0.25, 0.3) is 0 Å². The van der Waals surface area contributed by atoms with Gasteiger partial charge in [-0.05, 0) is 37.4 Å². The van der Waals surface area contributed by atoms with Gasteiger partial charge in [0.15, 0.2) is 0 Å². The highest BCUT2D eigenvalue weighted by Gasteiger charge is 2.31. The van der Waals surface area contributed by atoms with Gasteiger partial charge < -0.3 is 19.7 Å². The summed E-state index contributed by atoms with van der Waals surface area (Å²) in [5, 5.41) is 6.78. The quantitative estimate of drug-likeness (QED) is 0.905. The van der Waals surface area contributed by atoms with Crippen LogP contribution in [-0.4, -0.2) is 30.2 Å². The molecule has 0 aliphatic carbocycles. The molecular formula is C17H20N2O3S. The van der Waals surface area contributed by atoms with Gasteiger partial charge in [0.25, 0.3) is 0 Å². The van der Waals surface area contributed by atoms with Gasteiger partial charge in [0, 0.05) is 17.0 Å². The lowest BCUT2D eigenvalue weighted by atomic mass is 10.1. The van der Waals surface area contributed by atoms with E-state index < -0.39 is 5.60 Å². The Bertz CT molecular complexity index is 698. The van der Waals surface area contributed by atoms with Crippen molar-refractivity contribution in [3.05, 3.63) is 40.6 Å². The van der Waals surface area contributed by atoms with Crippen LogP contribution in [0.4, 0.5) is 10.5 Å². The summed E-state index contributed by atoms with van der Waals surface area (Å²) in [4.78, 5) is 14.4. The minimum Gasteiger partial charge on any atom is -0.497 e. The Morgan fingerprint density at radius 1 is 1.39 bits per heavy atom. The molecule has 2 aromatic rings. The van der Waals surface area contributed by atoms with Gasteiger partial charge in [0.2, 0.25) is 0 Å². The first-order valence-corrected chi connectivity index (χ1v) is 8.35. The number of carbonyl (C=O) groups is 1. The number of nitrogens with zero attached hydrogens (tertiary/aromatic N) is 1. The van der Waals surface area contributed by atoms with Gasteiger partial charge in [-0.3, -0.25) is 0 Å². The molecule has 0 fully saturated rings. The molecule has 1 aliphatic rings. The van der Waals surface area contributed by atoms with Gasteiger partial charge in [0.1, 0.15) is 17.1 Å². The first-order valence-electron chi connectivity index (χ1n) is 7.41. The number of thiophene rings is 1. The zero-order valence-electron chi connectivity index (χ0n) is 13.5. The molecule has 6 heteroatoms. The van der Waals surface area contributed by atoms with Crippen LogP contribution in [0.2, 0.25) is 0 Å². The molecule has 3 rings (SSSR count). The van der Waals surface area contributed by atoms with E-state index in [-0.39, 0.29) is 6.03 Å². The molecule has 0 radical (unpaired) electrons. The van der Waals surface area contributed by atoms with Crippen LogP contribution >= 0.6 is 11.3 Å². The molecule has 23 heavy (non-hydrogen) atoms. The third-order valence-electron chi connectivity index (χ3n) is 3.65. The number of fused-ring (bicyclic) bond motifs is 1. The van der Waals surface area contributed by atoms with Crippen molar-refractivity contribution in [2.75, 3.05) is 19.0 Å². The summed E-state index contributed by atoms with van der Waals surface area (Å²) in [5.41, 5.74) is 1.30. The van der Waals surface area contributed by atoms with Gasteiger partial charge in [-0.15, -0.1) is 0 Å². The molecule has 1 N–H and O–H groups in total. The maximum Gasteiger partial charge on any atom is 0.322 e. The molecular weight excluding hydrogens is 312 g/mol. The number of rotatable bonds is 2. The van der Waals surface area contributed by atoms with E-state index in [1.165, 1.54) is 0 Å². The summed E-state index contributed by atoms with van der Waals surface area (Å²) in [5.74, 6) is 1.51. The number of anilines is 1. The Balaban J connectivity index is 1.85. The largest absolute Gasteiger partial charge is 0.497 e. The summed E-state index contributed by atoms with van der Waals surface area (Å²) < 4.78 is 11.4. The highest BCUT2D eigenvalue weighted by atomic mass is 32.1. The molecule has 2 amide bonds. The molecule has 0 bridgehead atoms. The first kappa shape index (κ1) is 15.7. The van der Waals surface area contributed by atoms with Crippen LogP contribution in [-0.2, 0) is 6.54 Å². The number of hydrogen-bond donors (Lipinski definition) is 1. The van der Waals surface area contributed by atoms with Crippen LogP contribution in [0.15, 0.2) is 35.0 Å². The SMILES string of the molecule is COc1ccc2c(c1)OC(C)(C)CN(C(=O)Nc1ccsc1)C2. The average Bonchev–Trinajstić information content (AvgIpc) is 2.95. The van der Waals surface area contributed by atoms with Gasteiger partial charge in [0.05, 0.1) is 25.9 Å². The molecule has 0 saturated heterocycles. The van der Waals surface area contributed by atoms with Crippen molar-refractivity contribution in [2.45, 2.75) is 26.0 Å². The second kappa shape index (κ2) is 6.12. The second-order valence-electron chi connectivity index (χ2n) is 6.13. The maximum atomic E-state index is 12.6. The van der Waals surface area contributed by atoms with Crippen molar-refractivity contribution in [1.82, 2.24) is 4.90 Å². The van der Waals surface area contributed by atoms with E-state index in [9.17, 15) is 4.79 Å². The smallest absolute Gasteiger partial charge is 0.322 e. The summed E-state index contributed by atoms with van der Waals surface area (Å²) in [7, 11) is 1.63. The van der Waals surface area contributed by atoms with Crippen LogP contribution in [0.1, 0.15) is 19.4 Å². The van der Waals surface area contributed by atoms with Crippen LogP contribution in [0.3, 0.4) is 0 Å². The Morgan fingerprint density at radius 2 is 2.22 bits per heavy atom. The lowest BCUT2D eigenvalue weighted by Crippen LogP contribution is -2.44. The van der Waals surface area contributed by atoms with Crippen LogP contribution in [0, 0.1) is 0 Å². The maximum absolute atomic E-state index is 12.6. The van der Waals surface area contributed by atoms with E-state index in [2.05, 4.69) is 5.32 Å². The minimum absolute atomic E-state index is 0.122. The van der Waals surface area contributed by atoms with E-state index in [0.29, 0.717) is 13.1 Å². The van der Waals surface area contributed by atoms with Crippen LogP contribution in [0.5, 0.6) is 11.5 Å². The molecule has 1 aliphatic heterocycles. The molecule has 0 unspecified atom stereocenters. The highest BCUT2D eigenvalue weighted by molar-refractivity contribution is 7.08. The molecule has 5 nitrogen and oxygen atoms in total. The van der Waals surface area contributed by atoms with E-state index in [1.54, 1.807) is 23.3 Å². The van der Waals surface area contributed by atoms with Gasteiger partial charge in [-0.25, -0.2) is 4.79 Å². The lowest BCUT2D eigenvalue weighted by molar-refractivity contribution is 0.0833. The van der Waals surface area contributed by atoms with E-state index >= 15 is 0 Å². The summed E-state index contributed by atoms with van der Waals surface area (Å²) in [6, 6.07) is 7.47. The fourth-order valence-corrected chi connectivity index (χ4v) is 3.21. The third-order valence-corrected chi connectivity index (χ3v) is 4.34. The number of methoxy groups -OCH3 is 1. The van der Waals surface area contributed by atoms with Gasteiger partial charge >= 0.3 is 6.03 Å². The van der Waals surface area contributed by atoms with Crippen molar-refractivity contribution in [3.63, 3.8) is 0 Å². The fourth-order valence-electron chi connectivity index (χ4n) is 2.62. The van der Waals surface area contributed by atoms with Crippen molar-refractivity contribution in [3.8, 4) is 11.5 Å². The minimum atomic E-state index is -0.483. The second-order valence-corrected chi connectivity index (χ2v) is 6.91. The standard InChI is InChI=1S/C17H20N2O3S/c1-17(2)11-19(16(20)18-13-6-7-23-10-13)9-12-4-5-14(21-3)8-15(12)22-17/h4-8,10H,9,11H2,1-3H3,(H,18,20). The number of nitrogens with one attached hydrogen (secondary N) is 1. The van der Waals surface area contributed by atoms with Crippen molar-refractivity contribution >= 4 is 23.1 Å². The number of urea groups is 1. The number of benzene rings is 1. The number of ether oxygens (including phenoxy) is 2. The predicted octanol–water partition coefficient (Wildman–Crippen LogP) is 3.96. The summed E-state index contributed by atoms with van der Waals surface area (Å²) in [6.45, 7) is 4.96. The van der Waals surface area contributed by atoms with Crippen molar-refractivity contribution < 1.29 is 14.3 Å². The Morgan fingerprint density at radius 3 is 2.91 bits per heavy atom. The van der Waals surface area contributed by atoms with Crippen molar-refractivity contribution in [1.29, 1.82) is 0 Å². The molecule has 2 heterocycles. The first-order chi connectivity index (χ1) is 11.0. The zero-order chi connectivity index (χ0) is 16.4. The Labute approximate surface area is 139 Å². The monoisotopic (exact) mass is 332 g/mol. The Kier molecular flexibility index (Phi) is 4.17. The number of amides is 2. The molecule has 122 valence electrons. The Hall–Kier alpha value is -2.21. The third kappa shape index (κ3) is 3.59. The summed E-state index contributed by atoms with van der Waals surface area (Å²) in [6.07, 6.45) is 0. The lowest BCUT2D eigenvalue weighted by Gasteiger charge is -2.29. The van der Waals surface area contributed by atoms with E-state index in [0.717, 1.165) is 22.7 Å². The van der Waals surface area contributed by atoms with Crippen molar-refractivity contribution in [2.24, 2.45) is 0 Å². The normalized spacial score (nSPS) is 16.0. The topological polar surface area (TPSA) is 50.8 Å². The molecule has 0 atom stereocenters. The van der Waals surface area contributed by atoms with E-state index in [1.807, 2.05) is 48.9 Å². The number of hydrogen-bond acceptors (Lipinski definition) is 4. The predicted molar refractivity (Wildman–Crippen MR) is 91.4 cm³/mol. The molecule has 1 aromatic carbocycles.